The molecule has 0 atom stereocenters. The van der Waals surface area contributed by atoms with E-state index in [0.29, 0.717) is 22.8 Å². The van der Waals surface area contributed by atoms with Crippen LogP contribution in [0.4, 0.5) is 11.4 Å². The monoisotopic (exact) mass is 262 g/mol. The van der Waals surface area contributed by atoms with E-state index in [1.807, 2.05) is 6.92 Å². The third-order valence-corrected chi connectivity index (χ3v) is 2.34. The Bertz CT molecular complexity index is 356. The number of carbonyl (C=O) groups is 1. The normalized spacial score (nSPS) is 9.38. The zero-order valence-corrected chi connectivity index (χ0v) is 10.7. The molecule has 0 bridgehead atoms. The van der Waals surface area contributed by atoms with Crippen molar-refractivity contribution in [2.45, 2.75) is 26.2 Å². The lowest BCUT2D eigenvalue weighted by Crippen LogP contribution is -2.11. The van der Waals surface area contributed by atoms with Crippen molar-refractivity contribution < 1.29 is 4.79 Å². The van der Waals surface area contributed by atoms with E-state index in [-0.39, 0.29) is 18.3 Å². The Balaban J connectivity index is 0.00000225. The molecule has 90 valence electrons. The summed E-state index contributed by atoms with van der Waals surface area (Å²) in [5.74, 6) is -0.0106. The SMILES string of the molecule is CCCCC(=O)Nc1ccc(N)cc1Cl.Cl. The van der Waals surface area contributed by atoms with Crippen LogP contribution >= 0.6 is 24.0 Å². The van der Waals surface area contributed by atoms with Gasteiger partial charge in [0.05, 0.1) is 10.7 Å². The molecule has 0 saturated heterocycles. The van der Waals surface area contributed by atoms with Gasteiger partial charge in [-0.3, -0.25) is 4.79 Å². The van der Waals surface area contributed by atoms with E-state index in [1.54, 1.807) is 18.2 Å². The second-order valence-corrected chi connectivity index (χ2v) is 3.80. The summed E-state index contributed by atoms with van der Waals surface area (Å²) < 4.78 is 0. The molecule has 0 aliphatic heterocycles. The zero-order valence-electron chi connectivity index (χ0n) is 9.13. The first-order valence-electron chi connectivity index (χ1n) is 4.98. The summed E-state index contributed by atoms with van der Waals surface area (Å²) in [7, 11) is 0. The third kappa shape index (κ3) is 4.73. The molecule has 1 amide bonds. The van der Waals surface area contributed by atoms with E-state index >= 15 is 0 Å². The highest BCUT2D eigenvalue weighted by Gasteiger charge is 2.05. The smallest absolute Gasteiger partial charge is 0.224 e. The zero-order chi connectivity index (χ0) is 11.3. The first-order valence-corrected chi connectivity index (χ1v) is 5.36. The summed E-state index contributed by atoms with van der Waals surface area (Å²) in [5.41, 5.74) is 6.75. The van der Waals surface area contributed by atoms with Crippen molar-refractivity contribution in [2.24, 2.45) is 0 Å². The fourth-order valence-electron chi connectivity index (χ4n) is 1.18. The molecule has 3 nitrogen and oxygen atoms in total. The number of hydrogen-bond acceptors (Lipinski definition) is 2. The highest BCUT2D eigenvalue weighted by Crippen LogP contribution is 2.24. The molecule has 0 fully saturated rings. The molecule has 1 rings (SSSR count). The summed E-state index contributed by atoms with van der Waals surface area (Å²) in [4.78, 5) is 11.4. The molecule has 5 heteroatoms. The number of halogens is 2. The Kier molecular flexibility index (Phi) is 6.93. The molecule has 0 aliphatic carbocycles. The fraction of sp³-hybridized carbons (Fsp3) is 0.364. The van der Waals surface area contributed by atoms with Gasteiger partial charge < -0.3 is 11.1 Å². The molecule has 0 spiro atoms. The third-order valence-electron chi connectivity index (χ3n) is 2.02. The van der Waals surface area contributed by atoms with Crippen LogP contribution in [0.3, 0.4) is 0 Å². The lowest BCUT2D eigenvalue weighted by atomic mass is 10.2. The van der Waals surface area contributed by atoms with Gasteiger partial charge in [-0.15, -0.1) is 12.4 Å². The minimum absolute atomic E-state index is 0. The van der Waals surface area contributed by atoms with Crippen molar-refractivity contribution in [3.8, 4) is 0 Å². The van der Waals surface area contributed by atoms with E-state index in [2.05, 4.69) is 5.32 Å². The van der Waals surface area contributed by atoms with Gasteiger partial charge in [-0.1, -0.05) is 24.9 Å². The summed E-state index contributed by atoms with van der Waals surface area (Å²) >= 11 is 5.91. The van der Waals surface area contributed by atoms with Crippen LogP contribution in [0.2, 0.25) is 5.02 Å². The largest absolute Gasteiger partial charge is 0.399 e. The Labute approximate surface area is 107 Å². The number of benzene rings is 1. The highest BCUT2D eigenvalue weighted by molar-refractivity contribution is 6.34. The van der Waals surface area contributed by atoms with E-state index in [1.165, 1.54) is 0 Å². The predicted octanol–water partition coefficient (Wildman–Crippen LogP) is 3.47. The average molecular weight is 263 g/mol. The molecule has 0 aromatic heterocycles. The van der Waals surface area contributed by atoms with Crippen LogP contribution in [0.5, 0.6) is 0 Å². The lowest BCUT2D eigenvalue weighted by Gasteiger charge is -2.07. The van der Waals surface area contributed by atoms with Crippen molar-refractivity contribution in [3.05, 3.63) is 23.2 Å². The van der Waals surface area contributed by atoms with Crippen molar-refractivity contribution in [1.29, 1.82) is 0 Å². The number of rotatable bonds is 4. The standard InChI is InChI=1S/C11H15ClN2O.ClH/c1-2-3-4-11(15)14-10-6-5-8(13)7-9(10)12;/h5-7H,2-4,13H2,1H3,(H,14,15);1H. The summed E-state index contributed by atoms with van der Waals surface area (Å²) in [6.07, 6.45) is 2.42. The Morgan fingerprint density at radius 1 is 1.50 bits per heavy atom. The van der Waals surface area contributed by atoms with Crippen LogP contribution in [0, 0.1) is 0 Å². The second kappa shape index (κ2) is 7.36. The maximum absolute atomic E-state index is 11.4. The van der Waals surface area contributed by atoms with Gasteiger partial charge in [0.15, 0.2) is 0 Å². The molecule has 1 aromatic rings. The highest BCUT2D eigenvalue weighted by atomic mass is 35.5. The quantitative estimate of drug-likeness (QED) is 0.817. The van der Waals surface area contributed by atoms with Gasteiger partial charge in [-0.2, -0.15) is 0 Å². The Morgan fingerprint density at radius 3 is 2.75 bits per heavy atom. The fourth-order valence-corrected chi connectivity index (χ4v) is 1.42. The van der Waals surface area contributed by atoms with Crippen LogP contribution in [0.25, 0.3) is 0 Å². The van der Waals surface area contributed by atoms with Crippen LogP contribution in [-0.4, -0.2) is 5.91 Å². The molecule has 0 aliphatic rings. The molecule has 3 N–H and O–H groups in total. The van der Waals surface area contributed by atoms with Crippen LogP contribution in [0.15, 0.2) is 18.2 Å². The van der Waals surface area contributed by atoms with Gasteiger partial charge in [0.25, 0.3) is 0 Å². The molecular weight excluding hydrogens is 247 g/mol. The molecule has 0 unspecified atom stereocenters. The van der Waals surface area contributed by atoms with Crippen LogP contribution in [0.1, 0.15) is 26.2 Å². The minimum Gasteiger partial charge on any atom is -0.399 e. The maximum Gasteiger partial charge on any atom is 0.224 e. The first-order chi connectivity index (χ1) is 7.13. The number of amides is 1. The Morgan fingerprint density at radius 2 is 2.19 bits per heavy atom. The van der Waals surface area contributed by atoms with Crippen molar-refractivity contribution in [2.75, 3.05) is 11.1 Å². The van der Waals surface area contributed by atoms with E-state index in [9.17, 15) is 4.79 Å². The molecule has 16 heavy (non-hydrogen) atoms. The second-order valence-electron chi connectivity index (χ2n) is 3.39. The number of hydrogen-bond donors (Lipinski definition) is 2. The van der Waals surface area contributed by atoms with E-state index < -0.39 is 0 Å². The molecular formula is C11H16Cl2N2O. The van der Waals surface area contributed by atoms with Crippen molar-refractivity contribution >= 4 is 41.3 Å². The van der Waals surface area contributed by atoms with Gasteiger partial charge in [0, 0.05) is 12.1 Å². The number of nitrogens with one attached hydrogen (secondary N) is 1. The summed E-state index contributed by atoms with van der Waals surface area (Å²) in [6, 6.07) is 5.04. The topological polar surface area (TPSA) is 55.1 Å². The van der Waals surface area contributed by atoms with Gasteiger partial charge in [-0.25, -0.2) is 0 Å². The molecule has 1 aromatic carbocycles. The molecule has 0 saturated carbocycles. The number of carbonyl (C=O) groups excluding carboxylic acids is 1. The van der Waals surface area contributed by atoms with E-state index in [0.717, 1.165) is 12.8 Å². The van der Waals surface area contributed by atoms with Crippen LogP contribution < -0.4 is 11.1 Å². The Hall–Kier alpha value is -0.930. The maximum atomic E-state index is 11.4. The van der Waals surface area contributed by atoms with Crippen molar-refractivity contribution in [1.82, 2.24) is 0 Å². The predicted molar refractivity (Wildman–Crippen MR) is 71.3 cm³/mol. The van der Waals surface area contributed by atoms with Gasteiger partial charge in [0.1, 0.15) is 0 Å². The number of unbranched alkanes of at least 4 members (excludes halogenated alkanes) is 1. The van der Waals surface area contributed by atoms with Gasteiger partial charge in [-0.05, 0) is 24.6 Å². The summed E-state index contributed by atoms with van der Waals surface area (Å²) in [6.45, 7) is 2.05. The van der Waals surface area contributed by atoms with E-state index in [4.69, 9.17) is 17.3 Å². The number of anilines is 2. The average Bonchev–Trinajstić information content (AvgIpc) is 2.19. The first kappa shape index (κ1) is 15.1. The number of nitrogens with two attached hydrogens (primary N) is 1. The van der Waals surface area contributed by atoms with Crippen molar-refractivity contribution in [3.63, 3.8) is 0 Å². The molecule has 0 heterocycles. The van der Waals surface area contributed by atoms with Crippen LogP contribution in [-0.2, 0) is 4.79 Å². The molecule has 0 radical (unpaired) electrons. The van der Waals surface area contributed by atoms with Gasteiger partial charge in [0.2, 0.25) is 5.91 Å². The summed E-state index contributed by atoms with van der Waals surface area (Å²) in [5, 5.41) is 3.22. The lowest BCUT2D eigenvalue weighted by molar-refractivity contribution is -0.116. The van der Waals surface area contributed by atoms with Gasteiger partial charge >= 0.3 is 0 Å². The number of nitrogen functional groups attached to an aromatic ring is 1. The minimum atomic E-state index is -0.0106.